The second kappa shape index (κ2) is 6.37. The van der Waals surface area contributed by atoms with E-state index in [-0.39, 0.29) is 5.69 Å². The van der Waals surface area contributed by atoms with Crippen LogP contribution in [0.2, 0.25) is 0 Å². The Morgan fingerprint density at radius 1 is 1.35 bits per heavy atom. The zero-order chi connectivity index (χ0) is 14.4. The number of pyridine rings is 1. The molecule has 0 fully saturated rings. The van der Waals surface area contributed by atoms with Crippen molar-refractivity contribution in [2.24, 2.45) is 0 Å². The highest BCUT2D eigenvalue weighted by molar-refractivity contribution is 6.00. The van der Waals surface area contributed by atoms with E-state index in [1.54, 1.807) is 31.3 Å². The van der Waals surface area contributed by atoms with E-state index >= 15 is 0 Å². The standard InChI is InChI=1S/C13H14N4O3/c1-2-20-12(18)10-7-9(8-15-10)16-13(19)17-11-5-3-4-6-14-11/h3-8,15H,2H2,1H3,(H2,14,16,17,19). The molecular weight excluding hydrogens is 260 g/mol. The van der Waals surface area contributed by atoms with E-state index in [1.807, 2.05) is 0 Å². The van der Waals surface area contributed by atoms with Crippen LogP contribution in [-0.2, 0) is 4.74 Å². The number of nitrogens with zero attached hydrogens (tertiary/aromatic N) is 1. The van der Waals surface area contributed by atoms with Crippen LogP contribution in [0.3, 0.4) is 0 Å². The van der Waals surface area contributed by atoms with Gasteiger partial charge in [-0.25, -0.2) is 14.6 Å². The maximum absolute atomic E-state index is 11.7. The SMILES string of the molecule is CCOC(=O)c1cc(NC(=O)Nc2ccccn2)c[nH]1. The van der Waals surface area contributed by atoms with E-state index in [0.29, 0.717) is 18.1 Å². The van der Waals surface area contributed by atoms with Crippen molar-refractivity contribution in [3.05, 3.63) is 42.4 Å². The summed E-state index contributed by atoms with van der Waals surface area (Å²) in [5.74, 6) is -0.0307. The summed E-state index contributed by atoms with van der Waals surface area (Å²) >= 11 is 0. The Kier molecular flexibility index (Phi) is 4.33. The molecule has 3 N–H and O–H groups in total. The number of hydrogen-bond donors (Lipinski definition) is 3. The lowest BCUT2D eigenvalue weighted by Gasteiger charge is -2.04. The molecule has 0 saturated heterocycles. The highest BCUT2D eigenvalue weighted by atomic mass is 16.5. The third kappa shape index (κ3) is 3.58. The average molecular weight is 274 g/mol. The van der Waals surface area contributed by atoms with Crippen molar-refractivity contribution >= 4 is 23.5 Å². The first kappa shape index (κ1) is 13.6. The maximum Gasteiger partial charge on any atom is 0.354 e. The van der Waals surface area contributed by atoms with E-state index in [4.69, 9.17) is 4.74 Å². The van der Waals surface area contributed by atoms with Crippen LogP contribution in [0, 0.1) is 0 Å². The summed E-state index contributed by atoms with van der Waals surface area (Å²) in [6.07, 6.45) is 3.08. The van der Waals surface area contributed by atoms with Crippen LogP contribution in [0.4, 0.5) is 16.3 Å². The third-order valence-electron chi connectivity index (χ3n) is 2.34. The number of carbonyl (C=O) groups is 2. The van der Waals surface area contributed by atoms with E-state index in [9.17, 15) is 9.59 Å². The quantitative estimate of drug-likeness (QED) is 0.745. The molecule has 0 unspecified atom stereocenters. The fourth-order valence-corrected chi connectivity index (χ4v) is 1.51. The number of anilines is 2. The first-order valence-electron chi connectivity index (χ1n) is 6.03. The number of H-pyrrole nitrogens is 1. The molecular formula is C13H14N4O3. The first-order valence-corrected chi connectivity index (χ1v) is 6.03. The summed E-state index contributed by atoms with van der Waals surface area (Å²) in [5, 5.41) is 5.14. The molecule has 0 aliphatic heterocycles. The van der Waals surface area contributed by atoms with Gasteiger partial charge in [-0.05, 0) is 25.1 Å². The summed E-state index contributed by atoms with van der Waals surface area (Å²) in [6, 6.07) is 6.23. The molecule has 0 aromatic carbocycles. The van der Waals surface area contributed by atoms with Gasteiger partial charge in [0.15, 0.2) is 0 Å². The van der Waals surface area contributed by atoms with Gasteiger partial charge >= 0.3 is 12.0 Å². The average Bonchev–Trinajstić information content (AvgIpc) is 2.88. The minimum Gasteiger partial charge on any atom is -0.461 e. The minimum absolute atomic E-state index is 0.278. The molecule has 20 heavy (non-hydrogen) atoms. The van der Waals surface area contributed by atoms with E-state index < -0.39 is 12.0 Å². The van der Waals surface area contributed by atoms with Crippen LogP contribution in [0.25, 0.3) is 0 Å². The Bertz CT molecular complexity index is 595. The van der Waals surface area contributed by atoms with Crippen molar-refractivity contribution in [1.82, 2.24) is 9.97 Å². The predicted octanol–water partition coefficient (Wildman–Crippen LogP) is 2.23. The Balaban J connectivity index is 1.93. The number of amides is 2. The third-order valence-corrected chi connectivity index (χ3v) is 2.34. The Hall–Kier alpha value is -2.83. The second-order valence-corrected chi connectivity index (χ2v) is 3.82. The molecule has 7 nitrogen and oxygen atoms in total. The van der Waals surface area contributed by atoms with Crippen molar-refractivity contribution in [3.63, 3.8) is 0 Å². The number of aromatic nitrogens is 2. The van der Waals surface area contributed by atoms with Gasteiger partial charge in [-0.3, -0.25) is 5.32 Å². The highest BCUT2D eigenvalue weighted by Gasteiger charge is 2.10. The van der Waals surface area contributed by atoms with Gasteiger partial charge in [-0.1, -0.05) is 6.07 Å². The molecule has 0 aliphatic carbocycles. The smallest absolute Gasteiger partial charge is 0.354 e. The Morgan fingerprint density at radius 3 is 2.90 bits per heavy atom. The number of ether oxygens (including phenoxy) is 1. The molecule has 0 radical (unpaired) electrons. The number of nitrogens with one attached hydrogen (secondary N) is 3. The van der Waals surface area contributed by atoms with Gasteiger partial charge in [0.2, 0.25) is 0 Å². The molecule has 2 heterocycles. The van der Waals surface area contributed by atoms with Crippen LogP contribution in [0.5, 0.6) is 0 Å². The molecule has 0 bridgehead atoms. The zero-order valence-corrected chi connectivity index (χ0v) is 10.8. The number of esters is 1. The number of hydrogen-bond acceptors (Lipinski definition) is 4. The molecule has 0 atom stereocenters. The summed E-state index contributed by atoms with van der Waals surface area (Å²) in [6.45, 7) is 2.01. The van der Waals surface area contributed by atoms with Gasteiger partial charge < -0.3 is 15.0 Å². The number of urea groups is 1. The molecule has 0 spiro atoms. The molecule has 2 aromatic rings. The van der Waals surface area contributed by atoms with Crippen LogP contribution in [0.1, 0.15) is 17.4 Å². The van der Waals surface area contributed by atoms with Crippen molar-refractivity contribution in [2.45, 2.75) is 6.92 Å². The normalized spacial score (nSPS) is 9.85. The number of aromatic amines is 1. The topological polar surface area (TPSA) is 96.1 Å². The molecule has 2 rings (SSSR count). The van der Waals surface area contributed by atoms with Crippen LogP contribution in [0.15, 0.2) is 36.7 Å². The lowest BCUT2D eigenvalue weighted by atomic mass is 10.4. The lowest BCUT2D eigenvalue weighted by Crippen LogP contribution is -2.19. The minimum atomic E-state index is -0.467. The Labute approximate surface area is 115 Å². The van der Waals surface area contributed by atoms with E-state index in [2.05, 4.69) is 20.6 Å². The van der Waals surface area contributed by atoms with Gasteiger partial charge in [-0.2, -0.15) is 0 Å². The summed E-state index contributed by atoms with van der Waals surface area (Å²) < 4.78 is 4.83. The molecule has 104 valence electrons. The van der Waals surface area contributed by atoms with Gasteiger partial charge in [0, 0.05) is 12.4 Å². The van der Waals surface area contributed by atoms with E-state index in [0.717, 1.165) is 0 Å². The molecule has 0 aliphatic rings. The van der Waals surface area contributed by atoms with Gasteiger partial charge in [-0.15, -0.1) is 0 Å². The number of carbonyl (C=O) groups excluding carboxylic acids is 2. The summed E-state index contributed by atoms with van der Waals surface area (Å²) in [5.41, 5.74) is 0.737. The van der Waals surface area contributed by atoms with Gasteiger partial charge in [0.05, 0.1) is 12.3 Å². The van der Waals surface area contributed by atoms with Crippen molar-refractivity contribution in [1.29, 1.82) is 0 Å². The molecule has 0 saturated carbocycles. The molecule has 2 amide bonds. The van der Waals surface area contributed by atoms with Crippen LogP contribution < -0.4 is 10.6 Å². The van der Waals surface area contributed by atoms with E-state index in [1.165, 1.54) is 12.3 Å². The second-order valence-electron chi connectivity index (χ2n) is 3.82. The monoisotopic (exact) mass is 274 g/mol. The fraction of sp³-hybridized carbons (Fsp3) is 0.154. The van der Waals surface area contributed by atoms with Crippen LogP contribution in [-0.4, -0.2) is 28.6 Å². The van der Waals surface area contributed by atoms with Crippen LogP contribution >= 0.6 is 0 Å². The van der Waals surface area contributed by atoms with Crippen molar-refractivity contribution in [3.8, 4) is 0 Å². The summed E-state index contributed by atoms with van der Waals surface area (Å²) in [4.78, 5) is 29.8. The molecule has 2 aromatic heterocycles. The fourth-order valence-electron chi connectivity index (χ4n) is 1.51. The highest BCUT2D eigenvalue weighted by Crippen LogP contribution is 2.11. The van der Waals surface area contributed by atoms with Crippen molar-refractivity contribution < 1.29 is 14.3 Å². The first-order chi connectivity index (χ1) is 9.69. The predicted molar refractivity (Wildman–Crippen MR) is 73.6 cm³/mol. The van der Waals surface area contributed by atoms with Crippen molar-refractivity contribution in [2.75, 3.05) is 17.2 Å². The van der Waals surface area contributed by atoms with Gasteiger partial charge in [0.1, 0.15) is 11.5 Å². The number of rotatable bonds is 4. The lowest BCUT2D eigenvalue weighted by molar-refractivity contribution is 0.0520. The Morgan fingerprint density at radius 2 is 2.20 bits per heavy atom. The maximum atomic E-state index is 11.7. The zero-order valence-electron chi connectivity index (χ0n) is 10.8. The summed E-state index contributed by atoms with van der Waals surface area (Å²) in [7, 11) is 0. The molecule has 7 heteroatoms. The largest absolute Gasteiger partial charge is 0.461 e. The van der Waals surface area contributed by atoms with Gasteiger partial charge in [0.25, 0.3) is 0 Å².